The maximum absolute atomic E-state index is 11.2. The Bertz CT molecular complexity index is 472. The molecule has 0 aromatic carbocycles. The summed E-state index contributed by atoms with van der Waals surface area (Å²) in [5, 5.41) is 24.7. The summed E-state index contributed by atoms with van der Waals surface area (Å²) >= 11 is 0. The van der Waals surface area contributed by atoms with E-state index in [4.69, 9.17) is 0 Å². The summed E-state index contributed by atoms with van der Waals surface area (Å²) in [5.41, 5.74) is 0.563. The molecule has 0 aliphatic carbocycles. The van der Waals surface area contributed by atoms with E-state index in [9.17, 15) is 15.2 Å². The van der Waals surface area contributed by atoms with E-state index >= 15 is 0 Å². The first-order valence-corrected chi connectivity index (χ1v) is 6.66. The summed E-state index contributed by atoms with van der Waals surface area (Å²) in [6, 6.07) is 0. The van der Waals surface area contributed by atoms with Crippen LogP contribution in [-0.2, 0) is 6.54 Å². The molecule has 19 heavy (non-hydrogen) atoms. The van der Waals surface area contributed by atoms with Crippen LogP contribution in [0.4, 0.5) is 11.5 Å². The van der Waals surface area contributed by atoms with Gasteiger partial charge in [0.15, 0.2) is 0 Å². The van der Waals surface area contributed by atoms with Gasteiger partial charge in [0.05, 0.1) is 4.92 Å². The second kappa shape index (κ2) is 5.56. The molecule has 106 valence electrons. The molecular weight excluding hydrogens is 248 g/mol. The van der Waals surface area contributed by atoms with Crippen molar-refractivity contribution >= 4 is 11.5 Å². The predicted octanol–water partition coefficient (Wildman–Crippen LogP) is 1.33. The molecule has 1 aromatic rings. The molecule has 1 atom stereocenters. The van der Waals surface area contributed by atoms with Crippen LogP contribution in [0, 0.1) is 23.0 Å². The first-order valence-electron chi connectivity index (χ1n) is 6.66. The summed E-state index contributed by atoms with van der Waals surface area (Å²) in [6.07, 6.45) is 1.74. The molecule has 0 saturated carbocycles. The first kappa shape index (κ1) is 13.8. The molecular formula is C12H20N4O3. The van der Waals surface area contributed by atoms with E-state index in [0.717, 1.165) is 19.4 Å². The third-order valence-corrected chi connectivity index (χ3v) is 3.53. The second-order valence-electron chi connectivity index (χ2n) is 5.02. The Balaban J connectivity index is 2.38. The number of anilines is 1. The zero-order valence-electron chi connectivity index (χ0n) is 11.4. The molecule has 0 spiro atoms. The lowest BCUT2D eigenvalue weighted by molar-refractivity contribution is -0.384. The average Bonchev–Trinajstić information content (AvgIpc) is 2.93. The number of nitrogens with zero attached hydrogens (tertiary/aromatic N) is 4. The van der Waals surface area contributed by atoms with E-state index in [0.29, 0.717) is 24.6 Å². The minimum atomic E-state index is -0.351. The summed E-state index contributed by atoms with van der Waals surface area (Å²) in [6.45, 7) is 5.89. The highest BCUT2D eigenvalue weighted by Gasteiger charge is 2.33. The Hall–Kier alpha value is -1.63. The third-order valence-electron chi connectivity index (χ3n) is 3.53. The Morgan fingerprint density at radius 1 is 1.58 bits per heavy atom. The van der Waals surface area contributed by atoms with Crippen molar-refractivity contribution in [2.45, 2.75) is 33.2 Å². The Morgan fingerprint density at radius 2 is 2.32 bits per heavy atom. The van der Waals surface area contributed by atoms with Crippen molar-refractivity contribution in [3.8, 4) is 0 Å². The van der Waals surface area contributed by atoms with Crippen molar-refractivity contribution in [2.24, 2.45) is 5.92 Å². The quantitative estimate of drug-likeness (QED) is 0.643. The van der Waals surface area contributed by atoms with E-state index in [2.05, 4.69) is 5.10 Å². The van der Waals surface area contributed by atoms with E-state index < -0.39 is 0 Å². The monoisotopic (exact) mass is 268 g/mol. The highest BCUT2D eigenvalue weighted by Crippen LogP contribution is 2.34. The van der Waals surface area contributed by atoms with Crippen molar-refractivity contribution < 1.29 is 10.0 Å². The van der Waals surface area contributed by atoms with Crippen LogP contribution in [-0.4, -0.2) is 39.5 Å². The van der Waals surface area contributed by atoms with Crippen LogP contribution in [0.15, 0.2) is 0 Å². The molecule has 7 heteroatoms. The van der Waals surface area contributed by atoms with Gasteiger partial charge in [0, 0.05) is 32.2 Å². The number of nitro groups is 1. The molecule has 0 amide bonds. The summed E-state index contributed by atoms with van der Waals surface area (Å²) in [7, 11) is 0. The van der Waals surface area contributed by atoms with Crippen LogP contribution in [0.5, 0.6) is 0 Å². The number of hydrogen-bond acceptors (Lipinski definition) is 5. The number of hydrogen-bond donors (Lipinski definition) is 1. The van der Waals surface area contributed by atoms with Crippen molar-refractivity contribution in [1.29, 1.82) is 0 Å². The predicted molar refractivity (Wildman–Crippen MR) is 71.3 cm³/mol. The topological polar surface area (TPSA) is 84.4 Å². The van der Waals surface area contributed by atoms with E-state index in [1.165, 1.54) is 0 Å². The maximum Gasteiger partial charge on any atom is 0.333 e. The summed E-state index contributed by atoms with van der Waals surface area (Å²) in [4.78, 5) is 12.9. The van der Waals surface area contributed by atoms with Gasteiger partial charge in [-0.05, 0) is 19.8 Å². The Labute approximate surface area is 112 Å². The average molecular weight is 268 g/mol. The SMILES string of the molecule is CCCn1nc(C)c([N+](=O)[O-])c1N1CCC(CO)C1. The van der Waals surface area contributed by atoms with Gasteiger partial charge in [-0.2, -0.15) is 5.10 Å². The molecule has 2 rings (SSSR count). The van der Waals surface area contributed by atoms with Crippen LogP contribution in [0.25, 0.3) is 0 Å². The van der Waals surface area contributed by atoms with Crippen LogP contribution < -0.4 is 4.90 Å². The standard InChI is InChI=1S/C12H20N4O3/c1-3-5-15-12(11(16(18)19)9(2)13-15)14-6-4-10(7-14)8-17/h10,17H,3-8H2,1-2H3. The number of aryl methyl sites for hydroxylation is 2. The number of aliphatic hydroxyl groups is 1. The zero-order valence-corrected chi connectivity index (χ0v) is 11.4. The lowest BCUT2D eigenvalue weighted by Gasteiger charge is -2.18. The second-order valence-corrected chi connectivity index (χ2v) is 5.02. The number of aromatic nitrogens is 2. The van der Waals surface area contributed by atoms with Gasteiger partial charge in [0.2, 0.25) is 5.82 Å². The number of aliphatic hydroxyl groups excluding tert-OH is 1. The van der Waals surface area contributed by atoms with E-state index in [1.807, 2.05) is 11.8 Å². The molecule has 7 nitrogen and oxygen atoms in total. The zero-order chi connectivity index (χ0) is 14.0. The molecule has 0 radical (unpaired) electrons. The summed E-state index contributed by atoms with van der Waals surface area (Å²) < 4.78 is 1.73. The molecule has 1 N–H and O–H groups in total. The maximum atomic E-state index is 11.2. The van der Waals surface area contributed by atoms with Crippen LogP contribution in [0.3, 0.4) is 0 Å². The van der Waals surface area contributed by atoms with Gasteiger partial charge >= 0.3 is 5.69 Å². The molecule has 1 fully saturated rings. The van der Waals surface area contributed by atoms with E-state index in [1.54, 1.807) is 11.6 Å². The Kier molecular flexibility index (Phi) is 4.04. The van der Waals surface area contributed by atoms with E-state index in [-0.39, 0.29) is 23.1 Å². The van der Waals surface area contributed by atoms with Crippen molar-refractivity contribution in [3.63, 3.8) is 0 Å². The summed E-state index contributed by atoms with van der Waals surface area (Å²) in [5.74, 6) is 0.796. The lowest BCUT2D eigenvalue weighted by Crippen LogP contribution is -2.24. The highest BCUT2D eigenvalue weighted by atomic mass is 16.6. The fourth-order valence-corrected chi connectivity index (χ4v) is 2.63. The largest absolute Gasteiger partial charge is 0.396 e. The van der Waals surface area contributed by atoms with Gasteiger partial charge in [0.1, 0.15) is 5.69 Å². The van der Waals surface area contributed by atoms with Crippen LogP contribution in [0.1, 0.15) is 25.5 Å². The fourth-order valence-electron chi connectivity index (χ4n) is 2.63. The Morgan fingerprint density at radius 3 is 2.84 bits per heavy atom. The molecule has 1 aromatic heterocycles. The molecule has 1 unspecified atom stereocenters. The molecule has 1 saturated heterocycles. The van der Waals surface area contributed by atoms with Crippen LogP contribution >= 0.6 is 0 Å². The van der Waals surface area contributed by atoms with Gasteiger partial charge in [0.25, 0.3) is 0 Å². The van der Waals surface area contributed by atoms with Gasteiger partial charge in [-0.3, -0.25) is 10.1 Å². The molecule has 1 aliphatic heterocycles. The van der Waals surface area contributed by atoms with Gasteiger partial charge in [-0.25, -0.2) is 4.68 Å². The molecule has 1 aliphatic rings. The minimum absolute atomic E-state index is 0.104. The third kappa shape index (κ3) is 2.56. The minimum Gasteiger partial charge on any atom is -0.396 e. The fraction of sp³-hybridized carbons (Fsp3) is 0.750. The van der Waals surface area contributed by atoms with Gasteiger partial charge < -0.3 is 10.0 Å². The first-order chi connectivity index (χ1) is 9.08. The number of rotatable bonds is 5. The highest BCUT2D eigenvalue weighted by molar-refractivity contribution is 5.61. The van der Waals surface area contributed by atoms with Crippen molar-refractivity contribution in [1.82, 2.24) is 9.78 Å². The van der Waals surface area contributed by atoms with Gasteiger partial charge in [-0.1, -0.05) is 6.92 Å². The molecule has 0 bridgehead atoms. The normalized spacial score (nSPS) is 19.1. The van der Waals surface area contributed by atoms with Gasteiger partial charge in [-0.15, -0.1) is 0 Å². The lowest BCUT2D eigenvalue weighted by atomic mass is 10.1. The molecule has 2 heterocycles. The van der Waals surface area contributed by atoms with Crippen LogP contribution in [0.2, 0.25) is 0 Å². The van der Waals surface area contributed by atoms with Crippen molar-refractivity contribution in [3.05, 3.63) is 15.8 Å². The smallest absolute Gasteiger partial charge is 0.333 e. The van der Waals surface area contributed by atoms with Crippen molar-refractivity contribution in [2.75, 3.05) is 24.6 Å².